The normalized spacial score (nSPS) is 20.2. The van der Waals surface area contributed by atoms with Crippen LogP contribution in [0.2, 0.25) is 0 Å². The van der Waals surface area contributed by atoms with E-state index >= 15 is 0 Å². The Morgan fingerprint density at radius 2 is 1.88 bits per heavy atom. The van der Waals surface area contributed by atoms with E-state index in [1.165, 1.54) is 36.7 Å². The molecular formula is C26H20F6N6O5. The molecule has 0 fully saturated rings. The highest BCUT2D eigenvalue weighted by Gasteiger charge is 2.61. The average Bonchev–Trinajstić information content (AvgIpc) is 3.66. The molecule has 0 spiro atoms. The van der Waals surface area contributed by atoms with Gasteiger partial charge in [-0.3, -0.25) is 10.1 Å². The van der Waals surface area contributed by atoms with E-state index in [0.29, 0.717) is 5.56 Å². The summed E-state index contributed by atoms with van der Waals surface area (Å²) in [7, 11) is 0. The van der Waals surface area contributed by atoms with Crippen LogP contribution in [0.15, 0.2) is 69.8 Å². The first-order chi connectivity index (χ1) is 20.4. The smallest absolute Gasteiger partial charge is 0.426 e. The first kappa shape index (κ1) is 29.7. The lowest BCUT2D eigenvalue weighted by Gasteiger charge is -2.31. The molecule has 1 unspecified atom stereocenters. The highest BCUT2D eigenvalue weighted by atomic mass is 19.4. The number of nitrogens with zero attached hydrogens (tertiary/aromatic N) is 5. The molecule has 0 amide bonds. The number of aromatic nitrogens is 4. The second-order valence-electron chi connectivity index (χ2n) is 9.34. The van der Waals surface area contributed by atoms with Crippen LogP contribution in [0.5, 0.6) is 0 Å². The van der Waals surface area contributed by atoms with Gasteiger partial charge in [-0.1, -0.05) is 42.5 Å². The fourth-order valence-corrected chi connectivity index (χ4v) is 4.37. The second kappa shape index (κ2) is 11.5. The predicted molar refractivity (Wildman–Crippen MR) is 134 cm³/mol. The number of ether oxygens (including phenoxy) is 1. The van der Waals surface area contributed by atoms with Crippen LogP contribution < -0.4 is 5.32 Å². The van der Waals surface area contributed by atoms with Crippen molar-refractivity contribution in [2.45, 2.75) is 49.9 Å². The maximum absolute atomic E-state index is 14.8. The van der Waals surface area contributed by atoms with E-state index in [2.05, 4.69) is 25.5 Å². The molecule has 0 saturated heterocycles. The van der Waals surface area contributed by atoms with Gasteiger partial charge in [-0.2, -0.15) is 26.3 Å². The van der Waals surface area contributed by atoms with Crippen molar-refractivity contribution in [1.29, 1.82) is 0 Å². The summed E-state index contributed by atoms with van der Waals surface area (Å²) >= 11 is 0. The van der Waals surface area contributed by atoms with Gasteiger partial charge < -0.3 is 18.9 Å². The molecule has 2 atom stereocenters. The fourth-order valence-electron chi connectivity index (χ4n) is 4.37. The SMILES string of the molecule is O=[N+]([O-])c1cc(C(F)(F)F)c2nc1-c1nnc(o1)[C@@](OCc1ccccc1)(C(F)(F)F)C/C=C/CCC(c1ncco1)N2. The number of benzene rings is 1. The molecule has 226 valence electrons. The van der Waals surface area contributed by atoms with E-state index < -0.39 is 76.5 Å². The number of fused-ring (bicyclic) bond motifs is 5. The van der Waals surface area contributed by atoms with E-state index in [4.69, 9.17) is 13.6 Å². The van der Waals surface area contributed by atoms with Crippen molar-refractivity contribution < 1.29 is 44.8 Å². The van der Waals surface area contributed by atoms with Gasteiger partial charge in [-0.05, 0) is 18.4 Å². The van der Waals surface area contributed by atoms with Crippen LogP contribution >= 0.6 is 0 Å². The molecule has 0 saturated carbocycles. The van der Waals surface area contributed by atoms with Gasteiger partial charge in [0.1, 0.15) is 23.7 Å². The molecule has 4 bridgehead atoms. The molecule has 43 heavy (non-hydrogen) atoms. The number of halogens is 6. The minimum Gasteiger partial charge on any atom is -0.447 e. The van der Waals surface area contributed by atoms with Gasteiger partial charge in [0.25, 0.3) is 11.8 Å². The zero-order chi connectivity index (χ0) is 30.8. The number of alkyl halides is 6. The lowest BCUT2D eigenvalue weighted by atomic mass is 9.97. The maximum atomic E-state index is 14.8. The van der Waals surface area contributed by atoms with Crippen LogP contribution in [-0.2, 0) is 23.1 Å². The number of allylic oxidation sites excluding steroid dienone is 1. The first-order valence-electron chi connectivity index (χ1n) is 12.6. The first-order valence-corrected chi connectivity index (χ1v) is 12.6. The van der Waals surface area contributed by atoms with Gasteiger partial charge in [0, 0.05) is 12.5 Å². The van der Waals surface area contributed by atoms with Crippen molar-refractivity contribution in [3.05, 3.63) is 94.0 Å². The topological polar surface area (TPSA) is 142 Å². The number of hydrogen-bond acceptors (Lipinski definition) is 10. The standard InChI is InChI=1S/C26H20F6N6O5/c27-25(28,29)16-13-18(38(39)40)19-22-36-37-23(43-22)24(26(30,31)32,42-14-15-7-3-1-4-8-15)10-6-2-5-9-17(34-20(16)35-19)21-33-11-12-41-21/h1-4,6-8,11-13,17H,5,9-10,14H2,(H,34,35)/b6-2+/t17?,24-/m1/s1. The van der Waals surface area contributed by atoms with Crippen LogP contribution in [0.25, 0.3) is 11.6 Å². The number of pyridine rings is 1. The summed E-state index contributed by atoms with van der Waals surface area (Å²) in [6, 6.07) is 7.06. The molecule has 17 heteroatoms. The van der Waals surface area contributed by atoms with Gasteiger partial charge >= 0.3 is 18.0 Å². The zero-order valence-electron chi connectivity index (χ0n) is 21.7. The van der Waals surface area contributed by atoms with Crippen molar-refractivity contribution >= 4 is 11.5 Å². The Hall–Kier alpha value is -4.80. The minimum atomic E-state index is -5.15. The summed E-state index contributed by atoms with van der Waals surface area (Å²) in [5.74, 6) is -2.98. The lowest BCUT2D eigenvalue weighted by Crippen LogP contribution is -2.45. The molecule has 1 aromatic carbocycles. The number of oxazole rings is 1. The molecule has 4 heterocycles. The summed E-state index contributed by atoms with van der Waals surface area (Å²) in [6.07, 6.45) is -6.10. The molecule has 3 aromatic heterocycles. The van der Waals surface area contributed by atoms with E-state index in [1.54, 1.807) is 18.2 Å². The second-order valence-corrected chi connectivity index (χ2v) is 9.34. The molecule has 0 aliphatic carbocycles. The molecule has 1 N–H and O–H groups in total. The molecular weight excluding hydrogens is 590 g/mol. The highest BCUT2D eigenvalue weighted by molar-refractivity contribution is 5.68. The highest BCUT2D eigenvalue weighted by Crippen LogP contribution is 2.47. The van der Waals surface area contributed by atoms with E-state index in [9.17, 15) is 36.5 Å². The van der Waals surface area contributed by atoms with Crippen molar-refractivity contribution in [3.8, 4) is 11.6 Å². The third-order valence-electron chi connectivity index (χ3n) is 6.52. The summed E-state index contributed by atoms with van der Waals surface area (Å²) in [6.45, 7) is -0.537. The summed E-state index contributed by atoms with van der Waals surface area (Å²) in [5.41, 5.74) is -6.47. The molecule has 0 radical (unpaired) electrons. The number of hydrogen-bond donors (Lipinski definition) is 1. The van der Waals surface area contributed by atoms with Gasteiger partial charge in [0.05, 0.1) is 17.7 Å². The van der Waals surface area contributed by atoms with Crippen LogP contribution in [0.1, 0.15) is 48.2 Å². The van der Waals surface area contributed by atoms with Gasteiger partial charge in [-0.15, -0.1) is 10.2 Å². The largest absolute Gasteiger partial charge is 0.447 e. The Morgan fingerprint density at radius 3 is 2.53 bits per heavy atom. The van der Waals surface area contributed by atoms with Crippen molar-refractivity contribution in [2.75, 3.05) is 5.32 Å². The monoisotopic (exact) mass is 610 g/mol. The summed E-state index contributed by atoms with van der Waals surface area (Å²) < 4.78 is 103. The Morgan fingerprint density at radius 1 is 1.12 bits per heavy atom. The molecule has 1 aliphatic heterocycles. The lowest BCUT2D eigenvalue weighted by molar-refractivity contribution is -0.384. The van der Waals surface area contributed by atoms with E-state index in [1.807, 2.05) is 0 Å². The summed E-state index contributed by atoms with van der Waals surface area (Å²) in [4.78, 5) is 18.4. The van der Waals surface area contributed by atoms with Crippen LogP contribution in [0, 0.1) is 10.1 Å². The van der Waals surface area contributed by atoms with Crippen LogP contribution in [0.3, 0.4) is 0 Å². The minimum absolute atomic E-state index is 0.00933. The van der Waals surface area contributed by atoms with E-state index in [0.717, 1.165) is 0 Å². The predicted octanol–water partition coefficient (Wildman–Crippen LogP) is 6.91. The third-order valence-corrected chi connectivity index (χ3v) is 6.52. The van der Waals surface area contributed by atoms with Gasteiger partial charge in [0.2, 0.25) is 17.2 Å². The Labute approximate surface area is 237 Å². The number of nitro groups is 1. The van der Waals surface area contributed by atoms with Crippen molar-refractivity contribution in [3.63, 3.8) is 0 Å². The molecule has 4 aromatic rings. The van der Waals surface area contributed by atoms with E-state index in [-0.39, 0.29) is 24.8 Å². The Kier molecular flexibility index (Phi) is 7.92. The molecule has 5 rings (SSSR count). The van der Waals surface area contributed by atoms with Crippen LogP contribution in [-0.4, -0.2) is 31.3 Å². The third kappa shape index (κ3) is 6.06. The number of anilines is 1. The Balaban J connectivity index is 1.70. The summed E-state index contributed by atoms with van der Waals surface area (Å²) in [5, 5.41) is 21.4. The maximum Gasteiger partial charge on any atom is 0.426 e. The van der Waals surface area contributed by atoms with Crippen molar-refractivity contribution in [1.82, 2.24) is 20.2 Å². The number of nitrogens with one attached hydrogen (secondary N) is 1. The fraction of sp³-hybridized carbons (Fsp3) is 0.308. The van der Waals surface area contributed by atoms with Crippen LogP contribution in [0.4, 0.5) is 37.8 Å². The average molecular weight is 610 g/mol. The van der Waals surface area contributed by atoms with Gasteiger partial charge in [0.15, 0.2) is 0 Å². The molecule has 11 nitrogen and oxygen atoms in total. The van der Waals surface area contributed by atoms with Crippen molar-refractivity contribution in [2.24, 2.45) is 0 Å². The quantitative estimate of drug-likeness (QED) is 0.110. The Bertz CT molecular complexity index is 1610. The number of rotatable bonds is 5. The molecule has 1 aliphatic rings. The zero-order valence-corrected chi connectivity index (χ0v) is 21.7. The van der Waals surface area contributed by atoms with Gasteiger partial charge in [-0.25, -0.2) is 9.97 Å².